The summed E-state index contributed by atoms with van der Waals surface area (Å²) >= 11 is 3.01. The van der Waals surface area contributed by atoms with Gasteiger partial charge in [-0.2, -0.15) is 4.39 Å². The number of ether oxygens (including phenoxy) is 1. The van der Waals surface area contributed by atoms with Gasteiger partial charge >= 0.3 is 5.97 Å². The fraction of sp³-hybridized carbons (Fsp3) is 0.0833. The predicted octanol–water partition coefficient (Wildman–Crippen LogP) is 3.60. The van der Waals surface area contributed by atoms with Crippen LogP contribution in [0.3, 0.4) is 0 Å². The molecule has 0 amide bonds. The summed E-state index contributed by atoms with van der Waals surface area (Å²) in [5.41, 5.74) is -0.0421. The number of carboxylic acid groups (broad SMARTS) is 1. The van der Waals surface area contributed by atoms with Gasteiger partial charge in [0.1, 0.15) is 18.6 Å². The van der Waals surface area contributed by atoms with Crippen molar-refractivity contribution in [1.82, 2.24) is 0 Å². The highest BCUT2D eigenvalue weighted by Crippen LogP contribution is 2.26. The van der Waals surface area contributed by atoms with Crippen LogP contribution in [0.1, 0.15) is 16.1 Å². The largest absolute Gasteiger partial charge is 0.482 e. The molecule has 1 N–H and O–H groups in total. The SMILES string of the molecule is O=C(O)c1coc(COc2cc(Br)cc(F)c2F)c1. The molecule has 2 aromatic rings. The van der Waals surface area contributed by atoms with E-state index in [9.17, 15) is 13.6 Å². The first-order valence-electron chi connectivity index (χ1n) is 5.05. The van der Waals surface area contributed by atoms with Gasteiger partial charge in [0.2, 0.25) is 5.82 Å². The van der Waals surface area contributed by atoms with Crippen LogP contribution in [0.25, 0.3) is 0 Å². The van der Waals surface area contributed by atoms with Gasteiger partial charge < -0.3 is 14.3 Å². The molecule has 1 aromatic carbocycles. The minimum atomic E-state index is -1.14. The second-order valence-electron chi connectivity index (χ2n) is 3.60. The van der Waals surface area contributed by atoms with Gasteiger partial charge in [0.05, 0.1) is 5.56 Å². The van der Waals surface area contributed by atoms with Crippen LogP contribution in [0.4, 0.5) is 8.78 Å². The monoisotopic (exact) mass is 332 g/mol. The lowest BCUT2D eigenvalue weighted by molar-refractivity contribution is 0.0696. The van der Waals surface area contributed by atoms with Crippen LogP contribution in [0.5, 0.6) is 5.75 Å². The number of rotatable bonds is 4. The van der Waals surface area contributed by atoms with Crippen molar-refractivity contribution in [3.63, 3.8) is 0 Å². The molecule has 2 rings (SSSR count). The zero-order chi connectivity index (χ0) is 14.0. The van der Waals surface area contributed by atoms with Crippen molar-refractivity contribution < 1.29 is 27.8 Å². The van der Waals surface area contributed by atoms with Crippen molar-refractivity contribution in [2.45, 2.75) is 6.61 Å². The van der Waals surface area contributed by atoms with Crippen LogP contribution in [0.15, 0.2) is 33.4 Å². The third-order valence-electron chi connectivity index (χ3n) is 2.23. The smallest absolute Gasteiger partial charge is 0.338 e. The van der Waals surface area contributed by atoms with Gasteiger partial charge in [-0.05, 0) is 18.2 Å². The third kappa shape index (κ3) is 3.11. The van der Waals surface area contributed by atoms with Crippen LogP contribution < -0.4 is 4.74 Å². The summed E-state index contributed by atoms with van der Waals surface area (Å²) < 4.78 is 36.7. The molecule has 0 aliphatic rings. The first-order chi connectivity index (χ1) is 8.97. The molecule has 7 heteroatoms. The summed E-state index contributed by atoms with van der Waals surface area (Å²) in [6, 6.07) is 3.48. The van der Waals surface area contributed by atoms with E-state index in [1.54, 1.807) is 0 Å². The summed E-state index contributed by atoms with van der Waals surface area (Å²) in [5, 5.41) is 8.68. The lowest BCUT2D eigenvalue weighted by atomic mass is 10.3. The number of carboxylic acids is 1. The highest BCUT2D eigenvalue weighted by Gasteiger charge is 2.13. The van der Waals surface area contributed by atoms with E-state index in [2.05, 4.69) is 15.9 Å². The first kappa shape index (κ1) is 13.5. The fourth-order valence-electron chi connectivity index (χ4n) is 1.35. The molecule has 19 heavy (non-hydrogen) atoms. The van der Waals surface area contributed by atoms with Crippen molar-refractivity contribution in [1.29, 1.82) is 0 Å². The van der Waals surface area contributed by atoms with Gasteiger partial charge in [0.25, 0.3) is 0 Å². The molecule has 0 saturated heterocycles. The van der Waals surface area contributed by atoms with Crippen LogP contribution in [-0.4, -0.2) is 11.1 Å². The lowest BCUT2D eigenvalue weighted by Crippen LogP contribution is -1.98. The Morgan fingerprint density at radius 3 is 2.74 bits per heavy atom. The maximum Gasteiger partial charge on any atom is 0.338 e. The van der Waals surface area contributed by atoms with Crippen LogP contribution in [0.2, 0.25) is 0 Å². The van der Waals surface area contributed by atoms with E-state index in [4.69, 9.17) is 14.3 Å². The first-order valence-corrected chi connectivity index (χ1v) is 5.84. The molecule has 1 heterocycles. The standard InChI is InChI=1S/C12H7BrF2O4/c13-7-2-9(14)11(15)10(3-7)19-5-8-1-6(4-18-8)12(16)17/h1-4H,5H2,(H,16,17). The van der Waals surface area contributed by atoms with Gasteiger partial charge in [0.15, 0.2) is 11.6 Å². The highest BCUT2D eigenvalue weighted by atomic mass is 79.9. The Labute approximate surface area is 114 Å². The van der Waals surface area contributed by atoms with Crippen LogP contribution >= 0.6 is 15.9 Å². The van der Waals surface area contributed by atoms with Crippen molar-refractivity contribution in [3.05, 3.63) is 51.9 Å². The topological polar surface area (TPSA) is 59.7 Å². The van der Waals surface area contributed by atoms with E-state index < -0.39 is 17.6 Å². The molecule has 0 aliphatic carbocycles. The molecule has 0 atom stereocenters. The van der Waals surface area contributed by atoms with Gasteiger partial charge in [0, 0.05) is 4.47 Å². The van der Waals surface area contributed by atoms with Crippen molar-refractivity contribution in [2.24, 2.45) is 0 Å². The van der Waals surface area contributed by atoms with Crippen molar-refractivity contribution in [2.75, 3.05) is 0 Å². The van der Waals surface area contributed by atoms with Crippen molar-refractivity contribution in [3.8, 4) is 5.75 Å². The number of hydrogen-bond donors (Lipinski definition) is 1. The Hall–Kier alpha value is -1.89. The minimum Gasteiger partial charge on any atom is -0.482 e. The number of benzene rings is 1. The molecule has 0 saturated carbocycles. The van der Waals surface area contributed by atoms with E-state index in [0.717, 1.165) is 12.3 Å². The number of halogens is 3. The summed E-state index contributed by atoms with van der Waals surface area (Å²) in [6.45, 7) is -0.208. The number of furan rings is 1. The second-order valence-corrected chi connectivity index (χ2v) is 4.51. The average Bonchev–Trinajstić information content (AvgIpc) is 2.81. The Morgan fingerprint density at radius 2 is 2.11 bits per heavy atom. The van der Waals surface area contributed by atoms with Gasteiger partial charge in [-0.15, -0.1) is 0 Å². The van der Waals surface area contributed by atoms with Gasteiger partial charge in [-0.1, -0.05) is 15.9 Å². The molecule has 0 aliphatic heterocycles. The maximum atomic E-state index is 13.4. The molecule has 0 unspecified atom stereocenters. The molecule has 0 spiro atoms. The molecule has 0 bridgehead atoms. The molecule has 100 valence electrons. The summed E-state index contributed by atoms with van der Waals surface area (Å²) in [7, 11) is 0. The average molecular weight is 333 g/mol. The third-order valence-corrected chi connectivity index (χ3v) is 2.69. The second kappa shape index (κ2) is 5.40. The molecular weight excluding hydrogens is 326 g/mol. The molecule has 4 nitrogen and oxygen atoms in total. The normalized spacial score (nSPS) is 10.5. The molecule has 0 radical (unpaired) electrons. The van der Waals surface area contributed by atoms with E-state index in [1.165, 1.54) is 12.1 Å². The van der Waals surface area contributed by atoms with E-state index in [1.807, 2.05) is 0 Å². The minimum absolute atomic E-state index is 0.0421. The summed E-state index contributed by atoms with van der Waals surface area (Å²) in [5.74, 6) is -3.41. The zero-order valence-electron chi connectivity index (χ0n) is 9.32. The molecular formula is C12H7BrF2O4. The molecule has 0 fully saturated rings. The Kier molecular flexibility index (Phi) is 3.84. The van der Waals surface area contributed by atoms with E-state index in [0.29, 0.717) is 4.47 Å². The van der Waals surface area contributed by atoms with Gasteiger partial charge in [-0.3, -0.25) is 0 Å². The van der Waals surface area contributed by atoms with Crippen LogP contribution in [-0.2, 0) is 6.61 Å². The Bertz CT molecular complexity index is 624. The highest BCUT2D eigenvalue weighted by molar-refractivity contribution is 9.10. The maximum absolute atomic E-state index is 13.4. The lowest BCUT2D eigenvalue weighted by Gasteiger charge is -2.06. The fourth-order valence-corrected chi connectivity index (χ4v) is 1.76. The summed E-state index contributed by atoms with van der Waals surface area (Å²) in [4.78, 5) is 10.6. The quantitative estimate of drug-likeness (QED) is 0.869. The Morgan fingerprint density at radius 1 is 1.37 bits per heavy atom. The number of hydrogen-bond acceptors (Lipinski definition) is 3. The number of aromatic carboxylic acids is 1. The predicted molar refractivity (Wildman–Crippen MR) is 64.1 cm³/mol. The van der Waals surface area contributed by atoms with Gasteiger partial charge in [-0.25, -0.2) is 9.18 Å². The zero-order valence-corrected chi connectivity index (χ0v) is 10.9. The van der Waals surface area contributed by atoms with E-state index in [-0.39, 0.29) is 23.7 Å². The number of carbonyl (C=O) groups is 1. The van der Waals surface area contributed by atoms with E-state index >= 15 is 0 Å². The Balaban J connectivity index is 2.12. The summed E-state index contributed by atoms with van der Waals surface area (Å²) in [6.07, 6.45) is 1.04. The molecule has 1 aromatic heterocycles. The van der Waals surface area contributed by atoms with Crippen LogP contribution in [0, 0.1) is 11.6 Å². The van der Waals surface area contributed by atoms with Crippen molar-refractivity contribution >= 4 is 21.9 Å².